The van der Waals surface area contributed by atoms with Crippen LogP contribution in [0.4, 0.5) is 0 Å². The van der Waals surface area contributed by atoms with Gasteiger partial charge >= 0.3 is 19.8 Å². The molecule has 10 heteroatoms. The molecule has 0 aromatic carbocycles. The van der Waals surface area contributed by atoms with E-state index in [0.29, 0.717) is 6.42 Å². The molecule has 0 saturated heterocycles. The molecule has 0 spiro atoms. The highest BCUT2D eigenvalue weighted by molar-refractivity contribution is 7.47. The highest BCUT2D eigenvalue weighted by Gasteiger charge is 2.26. The molecule has 0 aromatic heterocycles. The van der Waals surface area contributed by atoms with E-state index in [9.17, 15) is 19.0 Å². The van der Waals surface area contributed by atoms with E-state index in [1.165, 1.54) is 205 Å². The van der Waals surface area contributed by atoms with Crippen molar-refractivity contribution < 1.29 is 37.6 Å². The first-order valence-corrected chi connectivity index (χ1v) is 32.6. The number of ether oxygens (including phenoxy) is 2. The molecular formula is C63H118NO8P. The third-order valence-electron chi connectivity index (χ3n) is 13.7. The van der Waals surface area contributed by atoms with Crippen LogP contribution in [0.25, 0.3) is 0 Å². The molecule has 3 N–H and O–H groups in total. The highest BCUT2D eigenvalue weighted by atomic mass is 31.2. The Morgan fingerprint density at radius 2 is 0.726 bits per heavy atom. The lowest BCUT2D eigenvalue weighted by molar-refractivity contribution is -0.161. The quantitative estimate of drug-likeness (QED) is 0.0264. The Bertz CT molecular complexity index is 1330. The van der Waals surface area contributed by atoms with Crippen molar-refractivity contribution in [1.82, 2.24) is 0 Å². The molecule has 0 fully saturated rings. The summed E-state index contributed by atoms with van der Waals surface area (Å²) >= 11 is 0. The Hall–Kier alpha value is -2.03. The summed E-state index contributed by atoms with van der Waals surface area (Å²) in [4.78, 5) is 35.0. The van der Waals surface area contributed by atoms with Crippen LogP contribution in [-0.4, -0.2) is 49.3 Å². The maximum Gasteiger partial charge on any atom is 0.472 e. The molecule has 0 aliphatic heterocycles. The zero-order valence-electron chi connectivity index (χ0n) is 47.9. The van der Waals surface area contributed by atoms with E-state index in [1.807, 2.05) is 0 Å². The number of unbranched alkanes of at least 4 members (excludes halogenated alkanes) is 38. The lowest BCUT2D eigenvalue weighted by Gasteiger charge is -2.19. The molecule has 428 valence electrons. The minimum Gasteiger partial charge on any atom is -0.462 e. The minimum absolute atomic E-state index is 0.0536. The summed E-state index contributed by atoms with van der Waals surface area (Å²) < 4.78 is 32.9. The Morgan fingerprint density at radius 1 is 0.411 bits per heavy atom. The third kappa shape index (κ3) is 59.1. The summed E-state index contributed by atoms with van der Waals surface area (Å²) in [5, 5.41) is 0. The lowest BCUT2D eigenvalue weighted by atomic mass is 10.0. The van der Waals surface area contributed by atoms with Gasteiger partial charge in [0.2, 0.25) is 0 Å². The van der Waals surface area contributed by atoms with E-state index in [2.05, 4.69) is 62.5 Å². The van der Waals surface area contributed by atoms with Crippen LogP contribution in [0.1, 0.15) is 309 Å². The molecule has 0 bridgehead atoms. The van der Waals surface area contributed by atoms with Gasteiger partial charge in [-0.25, -0.2) is 4.57 Å². The van der Waals surface area contributed by atoms with Crippen molar-refractivity contribution in [3.63, 3.8) is 0 Å². The van der Waals surface area contributed by atoms with E-state index in [1.54, 1.807) is 0 Å². The van der Waals surface area contributed by atoms with Crippen molar-refractivity contribution in [2.45, 2.75) is 315 Å². The van der Waals surface area contributed by atoms with Gasteiger partial charge in [-0.1, -0.05) is 274 Å². The number of hydrogen-bond acceptors (Lipinski definition) is 8. The molecule has 0 amide bonds. The topological polar surface area (TPSA) is 134 Å². The van der Waals surface area contributed by atoms with Gasteiger partial charge in [-0.3, -0.25) is 18.6 Å². The summed E-state index contributed by atoms with van der Waals surface area (Å²) in [7, 11) is -4.38. The number of phosphoric acid groups is 1. The zero-order chi connectivity index (χ0) is 53.1. The van der Waals surface area contributed by atoms with Gasteiger partial charge in [-0.05, 0) is 70.6 Å². The average molecular weight is 1050 g/mol. The summed E-state index contributed by atoms with van der Waals surface area (Å²) in [5.41, 5.74) is 5.37. The molecule has 0 aromatic rings. The summed E-state index contributed by atoms with van der Waals surface area (Å²) in [6.07, 6.45) is 73.7. The van der Waals surface area contributed by atoms with Crippen molar-refractivity contribution in [2.24, 2.45) is 5.73 Å². The fraction of sp³-hybridized carbons (Fsp3) is 0.841. The lowest BCUT2D eigenvalue weighted by Crippen LogP contribution is -2.29. The Balaban J connectivity index is 3.69. The number of nitrogens with two attached hydrogens (primary N) is 1. The first-order valence-electron chi connectivity index (χ1n) is 31.1. The first kappa shape index (κ1) is 71.0. The second kappa shape index (κ2) is 59.2. The maximum atomic E-state index is 12.7. The summed E-state index contributed by atoms with van der Waals surface area (Å²) in [6, 6.07) is 0. The van der Waals surface area contributed by atoms with Crippen molar-refractivity contribution in [1.29, 1.82) is 0 Å². The van der Waals surface area contributed by atoms with Gasteiger partial charge in [0.15, 0.2) is 6.10 Å². The molecule has 0 aliphatic carbocycles. The van der Waals surface area contributed by atoms with Crippen LogP contribution in [0.5, 0.6) is 0 Å². The predicted molar refractivity (Wildman–Crippen MR) is 312 cm³/mol. The van der Waals surface area contributed by atoms with Crippen LogP contribution in [0.2, 0.25) is 0 Å². The smallest absolute Gasteiger partial charge is 0.462 e. The fourth-order valence-corrected chi connectivity index (χ4v) is 9.80. The molecule has 2 unspecified atom stereocenters. The van der Waals surface area contributed by atoms with Gasteiger partial charge in [0.1, 0.15) is 6.61 Å². The number of carbonyl (C=O) groups is 2. The van der Waals surface area contributed by atoms with Crippen LogP contribution in [-0.2, 0) is 32.7 Å². The number of carbonyl (C=O) groups excluding carboxylic acids is 2. The number of hydrogen-bond donors (Lipinski definition) is 2. The molecular weight excluding hydrogens is 930 g/mol. The molecule has 0 aliphatic rings. The second-order valence-electron chi connectivity index (χ2n) is 20.9. The summed E-state index contributed by atoms with van der Waals surface area (Å²) in [6.45, 7) is 3.71. The average Bonchev–Trinajstić information content (AvgIpc) is 3.38. The standard InChI is InChI=1S/C63H118NO8P/c1-3-5-7-9-11-13-15-16-17-18-19-20-21-22-23-24-25-26-27-28-29-30-31-32-33-34-35-36-37-38-39-40-41-42-43-44-46-48-50-52-54-56-63(66)72-61(60-71-73(67,68)70-58-57-64)59-69-62(65)55-53-51-49-47-45-14-12-10-8-6-4-2/h10,12,15-16,18-19,21-22,61H,3-9,11,13-14,17,20,23-60,64H2,1-2H3,(H,67,68)/b12-10-,16-15-,19-18-,22-21-. The fourth-order valence-electron chi connectivity index (χ4n) is 9.04. The number of esters is 2. The Labute approximate surface area is 451 Å². The first-order chi connectivity index (χ1) is 35.8. The third-order valence-corrected chi connectivity index (χ3v) is 14.7. The van der Waals surface area contributed by atoms with Crippen molar-refractivity contribution >= 4 is 19.8 Å². The van der Waals surface area contributed by atoms with Gasteiger partial charge in [0.25, 0.3) is 0 Å². The molecule has 9 nitrogen and oxygen atoms in total. The SMILES string of the molecule is CCCC/C=C\CCCCCCCC(=O)OCC(COP(=O)(O)OCCN)OC(=O)CCCCCCCCCCCCCCCCCCCCCCCCCCCC/C=C\C/C=C\C/C=C\CCCCCCC. The molecule has 0 rings (SSSR count). The van der Waals surface area contributed by atoms with Crippen LogP contribution in [0, 0.1) is 0 Å². The predicted octanol–water partition coefficient (Wildman–Crippen LogP) is 19.7. The van der Waals surface area contributed by atoms with Crippen LogP contribution in [0.3, 0.4) is 0 Å². The normalized spacial score (nSPS) is 13.3. The van der Waals surface area contributed by atoms with E-state index in [-0.39, 0.29) is 38.6 Å². The van der Waals surface area contributed by atoms with Crippen LogP contribution < -0.4 is 5.73 Å². The minimum atomic E-state index is -4.38. The zero-order valence-corrected chi connectivity index (χ0v) is 48.8. The van der Waals surface area contributed by atoms with E-state index < -0.39 is 26.5 Å². The van der Waals surface area contributed by atoms with Crippen molar-refractivity contribution in [3.05, 3.63) is 48.6 Å². The largest absolute Gasteiger partial charge is 0.472 e. The Morgan fingerprint density at radius 3 is 1.11 bits per heavy atom. The second-order valence-corrected chi connectivity index (χ2v) is 22.4. The van der Waals surface area contributed by atoms with Crippen LogP contribution >= 0.6 is 7.82 Å². The van der Waals surface area contributed by atoms with Gasteiger partial charge < -0.3 is 20.1 Å². The van der Waals surface area contributed by atoms with E-state index >= 15 is 0 Å². The van der Waals surface area contributed by atoms with Gasteiger partial charge in [0.05, 0.1) is 13.2 Å². The highest BCUT2D eigenvalue weighted by Crippen LogP contribution is 2.43. The number of phosphoric ester groups is 1. The van der Waals surface area contributed by atoms with E-state index in [4.69, 9.17) is 24.3 Å². The van der Waals surface area contributed by atoms with Gasteiger partial charge in [0, 0.05) is 19.4 Å². The van der Waals surface area contributed by atoms with Gasteiger partial charge in [-0.15, -0.1) is 0 Å². The van der Waals surface area contributed by atoms with Crippen molar-refractivity contribution in [3.8, 4) is 0 Å². The Kier molecular flexibility index (Phi) is 57.6. The molecule has 0 radical (unpaired) electrons. The summed E-state index contributed by atoms with van der Waals surface area (Å²) in [5.74, 6) is -0.828. The number of rotatable bonds is 59. The van der Waals surface area contributed by atoms with E-state index in [0.717, 1.165) is 70.6 Å². The molecule has 2 atom stereocenters. The number of allylic oxidation sites excluding steroid dienone is 8. The molecule has 0 heterocycles. The molecule has 0 saturated carbocycles. The molecule has 73 heavy (non-hydrogen) atoms. The monoisotopic (exact) mass is 1050 g/mol. The van der Waals surface area contributed by atoms with Gasteiger partial charge in [-0.2, -0.15) is 0 Å². The van der Waals surface area contributed by atoms with Crippen molar-refractivity contribution in [2.75, 3.05) is 26.4 Å². The maximum absolute atomic E-state index is 12.7. The van der Waals surface area contributed by atoms with Crippen LogP contribution in [0.15, 0.2) is 48.6 Å².